The number of rotatable bonds is 7. The van der Waals surface area contributed by atoms with Gasteiger partial charge in [-0.15, -0.1) is 0 Å². The zero-order valence-electron chi connectivity index (χ0n) is 15.9. The number of nitrogens with zero attached hydrogens (tertiary/aromatic N) is 2. The largest absolute Gasteiger partial charge is 0.379 e. The molecule has 2 rings (SSSR count). The summed E-state index contributed by atoms with van der Waals surface area (Å²) >= 11 is 0. The zero-order chi connectivity index (χ0) is 19.0. The molecular formula is C18H30N4O3S. The van der Waals surface area contributed by atoms with E-state index in [1.54, 1.807) is 7.05 Å². The highest BCUT2D eigenvalue weighted by Gasteiger charge is 2.23. The van der Waals surface area contributed by atoms with Crippen LogP contribution in [0.4, 0.5) is 0 Å². The predicted octanol–water partition coefficient (Wildman–Crippen LogP) is 0.673. The van der Waals surface area contributed by atoms with E-state index in [-0.39, 0.29) is 5.75 Å². The van der Waals surface area contributed by atoms with Gasteiger partial charge in [0.2, 0.25) is 10.0 Å². The number of hydrogen-bond acceptors (Lipinski definition) is 4. The Morgan fingerprint density at radius 2 is 1.73 bits per heavy atom. The predicted molar refractivity (Wildman–Crippen MR) is 105 cm³/mol. The Kier molecular flexibility index (Phi) is 7.86. The molecule has 1 aromatic carbocycles. The molecule has 1 heterocycles. The van der Waals surface area contributed by atoms with Crippen LogP contribution in [-0.4, -0.2) is 70.9 Å². The van der Waals surface area contributed by atoms with Crippen molar-refractivity contribution in [1.82, 2.24) is 14.9 Å². The molecule has 0 aliphatic carbocycles. The molecule has 1 aliphatic heterocycles. The molecule has 7 nitrogen and oxygen atoms in total. The van der Waals surface area contributed by atoms with Gasteiger partial charge < -0.3 is 15.4 Å². The lowest BCUT2D eigenvalue weighted by molar-refractivity contribution is 0.0730. The fourth-order valence-electron chi connectivity index (χ4n) is 3.01. The van der Waals surface area contributed by atoms with E-state index in [2.05, 4.69) is 47.7 Å². The smallest absolute Gasteiger partial charge is 0.215 e. The first-order valence-electron chi connectivity index (χ1n) is 8.98. The molecule has 146 valence electrons. The number of ether oxygens (including phenoxy) is 1. The summed E-state index contributed by atoms with van der Waals surface area (Å²) in [6, 6.07) is 6.52. The first kappa shape index (κ1) is 20.7. The van der Waals surface area contributed by atoms with Gasteiger partial charge in [0.15, 0.2) is 5.96 Å². The fourth-order valence-corrected chi connectivity index (χ4v) is 4.34. The maximum atomic E-state index is 12.3. The van der Waals surface area contributed by atoms with Crippen LogP contribution in [0.5, 0.6) is 0 Å². The van der Waals surface area contributed by atoms with Crippen LogP contribution in [0.15, 0.2) is 23.2 Å². The van der Waals surface area contributed by atoms with Crippen molar-refractivity contribution in [3.63, 3.8) is 0 Å². The van der Waals surface area contributed by atoms with Crippen LogP contribution in [0.1, 0.15) is 16.7 Å². The van der Waals surface area contributed by atoms with Crippen molar-refractivity contribution in [1.29, 1.82) is 0 Å². The second kappa shape index (κ2) is 9.89. The SMILES string of the molecule is CN=C(NCCc1cc(C)cc(C)c1)NCCS(=O)(=O)N1CCOCC1. The van der Waals surface area contributed by atoms with Crippen molar-refractivity contribution in [2.75, 3.05) is 52.2 Å². The fraction of sp³-hybridized carbons (Fsp3) is 0.611. The Bertz CT molecular complexity index is 693. The minimum absolute atomic E-state index is 0.0464. The van der Waals surface area contributed by atoms with E-state index in [0.717, 1.165) is 13.0 Å². The Morgan fingerprint density at radius 3 is 2.35 bits per heavy atom. The van der Waals surface area contributed by atoms with Crippen molar-refractivity contribution in [3.05, 3.63) is 34.9 Å². The number of aryl methyl sites for hydroxylation is 2. The van der Waals surface area contributed by atoms with E-state index in [1.807, 2.05) is 0 Å². The van der Waals surface area contributed by atoms with Crippen molar-refractivity contribution in [3.8, 4) is 0 Å². The second-order valence-corrected chi connectivity index (χ2v) is 8.59. The third-order valence-electron chi connectivity index (χ3n) is 4.23. The van der Waals surface area contributed by atoms with Crippen molar-refractivity contribution < 1.29 is 13.2 Å². The molecule has 1 saturated heterocycles. The van der Waals surface area contributed by atoms with Gasteiger partial charge in [0, 0.05) is 33.2 Å². The van der Waals surface area contributed by atoms with E-state index in [1.165, 1.54) is 21.0 Å². The lowest BCUT2D eigenvalue weighted by atomic mass is 10.1. The first-order valence-corrected chi connectivity index (χ1v) is 10.6. The summed E-state index contributed by atoms with van der Waals surface area (Å²) in [5.74, 6) is 0.664. The summed E-state index contributed by atoms with van der Waals surface area (Å²) in [6.45, 7) is 7.05. The number of nitrogens with one attached hydrogen (secondary N) is 2. The molecule has 26 heavy (non-hydrogen) atoms. The summed E-state index contributed by atoms with van der Waals surface area (Å²) in [4.78, 5) is 4.15. The van der Waals surface area contributed by atoms with Crippen LogP contribution in [0.3, 0.4) is 0 Å². The van der Waals surface area contributed by atoms with Crippen LogP contribution < -0.4 is 10.6 Å². The summed E-state index contributed by atoms with van der Waals surface area (Å²) in [7, 11) is -1.57. The van der Waals surface area contributed by atoms with Gasteiger partial charge >= 0.3 is 0 Å². The standard InChI is InChI=1S/C18H30N4O3S/c1-15-12-16(2)14-17(13-15)4-5-20-18(19-3)21-6-11-26(23,24)22-7-9-25-10-8-22/h12-14H,4-11H2,1-3H3,(H2,19,20,21). The Morgan fingerprint density at radius 1 is 1.12 bits per heavy atom. The highest BCUT2D eigenvalue weighted by Crippen LogP contribution is 2.09. The number of aliphatic imine (C=N–C) groups is 1. The van der Waals surface area contributed by atoms with Gasteiger partial charge in [-0.05, 0) is 25.8 Å². The number of hydrogen-bond donors (Lipinski definition) is 2. The lowest BCUT2D eigenvalue weighted by Gasteiger charge is -2.26. The van der Waals surface area contributed by atoms with Crippen LogP contribution in [0.2, 0.25) is 0 Å². The lowest BCUT2D eigenvalue weighted by Crippen LogP contribution is -2.45. The molecule has 0 bridgehead atoms. The highest BCUT2D eigenvalue weighted by atomic mass is 32.2. The third-order valence-corrected chi connectivity index (χ3v) is 6.10. The molecule has 0 spiro atoms. The molecule has 0 unspecified atom stereocenters. The van der Waals surface area contributed by atoms with Gasteiger partial charge in [-0.3, -0.25) is 4.99 Å². The summed E-state index contributed by atoms with van der Waals surface area (Å²) < 4.78 is 31.3. The Labute approximate surface area is 156 Å². The molecule has 2 N–H and O–H groups in total. The molecule has 0 saturated carbocycles. The van der Waals surface area contributed by atoms with E-state index < -0.39 is 10.0 Å². The zero-order valence-corrected chi connectivity index (χ0v) is 16.7. The van der Waals surface area contributed by atoms with E-state index in [0.29, 0.717) is 38.8 Å². The van der Waals surface area contributed by atoms with Gasteiger partial charge in [-0.2, -0.15) is 4.31 Å². The van der Waals surface area contributed by atoms with Crippen LogP contribution in [0, 0.1) is 13.8 Å². The molecule has 1 fully saturated rings. The third kappa shape index (κ3) is 6.59. The maximum absolute atomic E-state index is 12.3. The summed E-state index contributed by atoms with van der Waals surface area (Å²) in [6.07, 6.45) is 0.884. The van der Waals surface area contributed by atoms with E-state index >= 15 is 0 Å². The summed E-state index contributed by atoms with van der Waals surface area (Å²) in [5.41, 5.74) is 3.80. The molecule has 0 radical (unpaired) electrons. The number of sulfonamides is 1. The van der Waals surface area contributed by atoms with Gasteiger partial charge in [0.05, 0.1) is 19.0 Å². The maximum Gasteiger partial charge on any atom is 0.215 e. The quantitative estimate of drug-likeness (QED) is 0.535. The van der Waals surface area contributed by atoms with Crippen LogP contribution >= 0.6 is 0 Å². The average molecular weight is 383 g/mol. The molecule has 1 aromatic rings. The molecule has 1 aliphatic rings. The monoisotopic (exact) mass is 382 g/mol. The highest BCUT2D eigenvalue weighted by molar-refractivity contribution is 7.89. The second-order valence-electron chi connectivity index (χ2n) is 6.50. The topological polar surface area (TPSA) is 83.0 Å². The minimum atomic E-state index is -3.25. The Balaban J connectivity index is 1.73. The minimum Gasteiger partial charge on any atom is -0.379 e. The molecule has 0 aromatic heterocycles. The first-order chi connectivity index (χ1) is 12.4. The number of morpholine rings is 1. The average Bonchev–Trinajstić information content (AvgIpc) is 2.60. The normalized spacial score (nSPS) is 16.5. The molecule has 0 atom stereocenters. The molecular weight excluding hydrogens is 352 g/mol. The van der Waals surface area contributed by atoms with Crippen molar-refractivity contribution in [2.24, 2.45) is 4.99 Å². The van der Waals surface area contributed by atoms with E-state index in [4.69, 9.17) is 4.74 Å². The van der Waals surface area contributed by atoms with Crippen LogP contribution in [0.25, 0.3) is 0 Å². The van der Waals surface area contributed by atoms with Gasteiger partial charge in [0.1, 0.15) is 0 Å². The number of guanidine groups is 1. The Hall–Kier alpha value is -1.64. The van der Waals surface area contributed by atoms with Gasteiger partial charge in [-0.25, -0.2) is 8.42 Å². The van der Waals surface area contributed by atoms with E-state index in [9.17, 15) is 8.42 Å². The summed E-state index contributed by atoms with van der Waals surface area (Å²) in [5, 5.41) is 6.31. The van der Waals surface area contributed by atoms with Crippen molar-refractivity contribution >= 4 is 16.0 Å². The van der Waals surface area contributed by atoms with Crippen LogP contribution in [-0.2, 0) is 21.2 Å². The number of benzene rings is 1. The van der Waals surface area contributed by atoms with Gasteiger partial charge in [-0.1, -0.05) is 29.3 Å². The van der Waals surface area contributed by atoms with Gasteiger partial charge in [0.25, 0.3) is 0 Å². The van der Waals surface area contributed by atoms with Crippen molar-refractivity contribution in [2.45, 2.75) is 20.3 Å². The molecule has 8 heteroatoms. The molecule has 0 amide bonds.